The predicted octanol–water partition coefficient (Wildman–Crippen LogP) is 3.45. The Labute approximate surface area is 204 Å². The summed E-state index contributed by atoms with van der Waals surface area (Å²) in [6, 6.07) is 6.31. The quantitative estimate of drug-likeness (QED) is 0.579. The number of aryl methyl sites for hydroxylation is 1. The first-order chi connectivity index (χ1) is 16.9. The lowest BCUT2D eigenvalue weighted by Gasteiger charge is -2.45. The van der Waals surface area contributed by atoms with Gasteiger partial charge in [-0.2, -0.15) is 4.98 Å². The smallest absolute Gasteiger partial charge is 0.282 e. The van der Waals surface area contributed by atoms with Crippen molar-refractivity contribution in [3.05, 3.63) is 46.1 Å². The van der Waals surface area contributed by atoms with E-state index in [9.17, 15) is 14.3 Å². The molecule has 5 rings (SSSR count). The number of aromatic nitrogens is 3. The fourth-order valence-corrected chi connectivity index (χ4v) is 5.36. The molecule has 4 heterocycles. The first kappa shape index (κ1) is 23.5. The maximum absolute atomic E-state index is 14.7. The lowest BCUT2D eigenvalue weighted by Crippen LogP contribution is -2.60. The van der Waals surface area contributed by atoms with Crippen molar-refractivity contribution in [2.24, 2.45) is 0 Å². The van der Waals surface area contributed by atoms with Gasteiger partial charge < -0.3 is 14.9 Å². The molecule has 0 amide bonds. The molecule has 3 aromatic rings. The molecule has 2 fully saturated rings. The van der Waals surface area contributed by atoms with Crippen LogP contribution in [0.4, 0.5) is 16.2 Å². The van der Waals surface area contributed by atoms with Crippen LogP contribution in [0.15, 0.2) is 29.1 Å². The van der Waals surface area contributed by atoms with E-state index in [1.54, 1.807) is 6.92 Å². The molecule has 2 aliphatic rings. The number of phenolic OH excluding ortho intramolecular Hbond substituents is 1. The molecule has 0 bridgehead atoms. The molecule has 0 radical (unpaired) electrons. The van der Waals surface area contributed by atoms with Crippen molar-refractivity contribution in [2.75, 3.05) is 49.1 Å². The number of fused-ring (bicyclic) bond motifs is 1. The molecule has 0 unspecified atom stereocenters. The summed E-state index contributed by atoms with van der Waals surface area (Å²) in [6.45, 7) is 11.4. The normalized spacial score (nSPS) is 16.8. The number of phenols is 1. The number of hydrogen-bond acceptors (Lipinski definition) is 7. The van der Waals surface area contributed by atoms with E-state index in [-0.39, 0.29) is 17.0 Å². The standard InChI is InChI=1S/C26H33FN6O2/c1-4-30(5-2)18-15-32(16-18)26-28-22-19(24(29-26)31-12-7-6-8-13-31)14-17(3)33(25(22)35)23-20(27)10-9-11-21(23)34/h9-11,14,18,34H,4-8,12-13,15-16H2,1-3H3. The highest BCUT2D eigenvalue weighted by atomic mass is 19.1. The van der Waals surface area contributed by atoms with E-state index in [0.717, 1.165) is 57.9 Å². The van der Waals surface area contributed by atoms with Crippen LogP contribution in [0.5, 0.6) is 5.75 Å². The van der Waals surface area contributed by atoms with Crippen LogP contribution >= 0.6 is 0 Å². The molecule has 0 spiro atoms. The van der Waals surface area contributed by atoms with E-state index in [2.05, 4.69) is 28.5 Å². The SMILES string of the molecule is CCN(CC)C1CN(c2nc(N3CCCCC3)c3cc(C)n(-c4c(O)cccc4F)c(=O)c3n2)C1. The molecule has 0 aliphatic carbocycles. The number of piperidine rings is 1. The van der Waals surface area contributed by atoms with Crippen molar-refractivity contribution in [3.8, 4) is 11.4 Å². The molecule has 35 heavy (non-hydrogen) atoms. The largest absolute Gasteiger partial charge is 0.506 e. The first-order valence-electron chi connectivity index (χ1n) is 12.6. The maximum Gasteiger partial charge on any atom is 0.282 e. The summed E-state index contributed by atoms with van der Waals surface area (Å²) < 4.78 is 16.0. The number of anilines is 2. The molecule has 0 saturated carbocycles. The Kier molecular flexibility index (Phi) is 6.35. The molecule has 1 N–H and O–H groups in total. The van der Waals surface area contributed by atoms with Gasteiger partial charge in [-0.05, 0) is 57.5 Å². The van der Waals surface area contributed by atoms with Gasteiger partial charge in [0.25, 0.3) is 5.56 Å². The number of para-hydroxylation sites is 1. The van der Waals surface area contributed by atoms with Crippen molar-refractivity contribution in [1.29, 1.82) is 0 Å². The second-order valence-corrected chi connectivity index (χ2v) is 9.47. The molecular formula is C26H33FN6O2. The monoisotopic (exact) mass is 480 g/mol. The topological polar surface area (TPSA) is 77.7 Å². The van der Waals surface area contributed by atoms with Crippen molar-refractivity contribution < 1.29 is 9.50 Å². The van der Waals surface area contributed by atoms with Crippen LogP contribution in [-0.4, -0.2) is 69.9 Å². The third-order valence-corrected chi connectivity index (χ3v) is 7.34. The Balaban J connectivity index is 1.66. The Morgan fingerprint density at radius 1 is 1.09 bits per heavy atom. The van der Waals surface area contributed by atoms with Crippen molar-refractivity contribution in [2.45, 2.75) is 46.1 Å². The Bertz CT molecular complexity index is 1270. The molecule has 2 saturated heterocycles. The summed E-state index contributed by atoms with van der Waals surface area (Å²) in [6.07, 6.45) is 3.34. The van der Waals surface area contributed by atoms with E-state index < -0.39 is 11.4 Å². The van der Waals surface area contributed by atoms with Crippen LogP contribution in [0.1, 0.15) is 38.8 Å². The second-order valence-electron chi connectivity index (χ2n) is 9.47. The highest BCUT2D eigenvalue weighted by Crippen LogP contribution is 2.32. The zero-order valence-corrected chi connectivity index (χ0v) is 20.7. The zero-order valence-electron chi connectivity index (χ0n) is 20.7. The maximum atomic E-state index is 14.7. The molecule has 8 nitrogen and oxygen atoms in total. The highest BCUT2D eigenvalue weighted by Gasteiger charge is 2.33. The van der Waals surface area contributed by atoms with Crippen LogP contribution in [0, 0.1) is 12.7 Å². The Morgan fingerprint density at radius 3 is 2.46 bits per heavy atom. The third-order valence-electron chi connectivity index (χ3n) is 7.34. The van der Waals surface area contributed by atoms with Crippen molar-refractivity contribution in [3.63, 3.8) is 0 Å². The summed E-state index contributed by atoms with van der Waals surface area (Å²) in [5.74, 6) is 0.350. The summed E-state index contributed by atoms with van der Waals surface area (Å²) >= 11 is 0. The minimum absolute atomic E-state index is 0.151. The lowest BCUT2D eigenvalue weighted by atomic mass is 10.1. The molecule has 2 aliphatic heterocycles. The van der Waals surface area contributed by atoms with E-state index >= 15 is 0 Å². The van der Waals surface area contributed by atoms with E-state index in [1.165, 1.54) is 29.2 Å². The summed E-state index contributed by atoms with van der Waals surface area (Å²) in [7, 11) is 0. The number of halogens is 1. The lowest BCUT2D eigenvalue weighted by molar-refractivity contribution is 0.182. The predicted molar refractivity (Wildman–Crippen MR) is 136 cm³/mol. The van der Waals surface area contributed by atoms with E-state index in [4.69, 9.17) is 9.97 Å². The van der Waals surface area contributed by atoms with Crippen LogP contribution in [0.2, 0.25) is 0 Å². The molecule has 0 atom stereocenters. The Morgan fingerprint density at radius 2 is 1.80 bits per heavy atom. The fraction of sp³-hybridized carbons (Fsp3) is 0.500. The average Bonchev–Trinajstić information content (AvgIpc) is 2.83. The number of rotatable bonds is 6. The number of hydrogen-bond donors (Lipinski definition) is 1. The van der Waals surface area contributed by atoms with E-state index in [1.807, 2.05) is 6.07 Å². The van der Waals surface area contributed by atoms with Gasteiger partial charge in [-0.1, -0.05) is 19.9 Å². The minimum Gasteiger partial charge on any atom is -0.506 e. The number of pyridine rings is 1. The number of nitrogens with zero attached hydrogens (tertiary/aromatic N) is 6. The van der Waals surface area contributed by atoms with Crippen LogP contribution < -0.4 is 15.4 Å². The van der Waals surface area contributed by atoms with Gasteiger partial charge in [-0.25, -0.2) is 9.37 Å². The number of benzene rings is 1. The van der Waals surface area contributed by atoms with Crippen molar-refractivity contribution >= 4 is 22.7 Å². The van der Waals surface area contributed by atoms with Gasteiger partial charge in [0, 0.05) is 37.9 Å². The van der Waals surface area contributed by atoms with Gasteiger partial charge in [0.15, 0.2) is 5.82 Å². The first-order valence-corrected chi connectivity index (χ1v) is 12.6. The third kappa shape index (κ3) is 4.11. The van der Waals surface area contributed by atoms with Crippen LogP contribution in [0.3, 0.4) is 0 Å². The summed E-state index contributed by atoms with van der Waals surface area (Å²) in [4.78, 5) is 30.2. The fourth-order valence-electron chi connectivity index (χ4n) is 5.36. The second kappa shape index (κ2) is 9.45. The molecule has 186 valence electrons. The van der Waals surface area contributed by atoms with Gasteiger partial charge in [-0.3, -0.25) is 14.3 Å². The van der Waals surface area contributed by atoms with Crippen LogP contribution in [-0.2, 0) is 0 Å². The summed E-state index contributed by atoms with van der Waals surface area (Å²) in [5, 5.41) is 11.1. The summed E-state index contributed by atoms with van der Waals surface area (Å²) in [5.41, 5.74) is 0.156. The zero-order chi connectivity index (χ0) is 24.7. The Hall–Kier alpha value is -3.20. The minimum atomic E-state index is -0.662. The molecular weight excluding hydrogens is 447 g/mol. The highest BCUT2D eigenvalue weighted by molar-refractivity contribution is 5.91. The van der Waals surface area contributed by atoms with Crippen LogP contribution in [0.25, 0.3) is 16.6 Å². The molecule has 9 heteroatoms. The molecule has 1 aromatic carbocycles. The van der Waals surface area contributed by atoms with Crippen molar-refractivity contribution in [1.82, 2.24) is 19.4 Å². The van der Waals surface area contributed by atoms with Gasteiger partial charge in [0.05, 0.1) is 5.39 Å². The van der Waals surface area contributed by atoms with E-state index in [0.29, 0.717) is 23.1 Å². The number of likely N-dealkylation sites (N-methyl/N-ethyl adjacent to an activating group) is 1. The molecule has 2 aromatic heterocycles. The number of aromatic hydroxyl groups is 1. The average molecular weight is 481 g/mol. The van der Waals surface area contributed by atoms with Gasteiger partial charge in [0.2, 0.25) is 5.95 Å². The van der Waals surface area contributed by atoms with Gasteiger partial charge in [0.1, 0.15) is 22.8 Å². The van der Waals surface area contributed by atoms with Gasteiger partial charge >= 0.3 is 0 Å². The van der Waals surface area contributed by atoms with Gasteiger partial charge in [-0.15, -0.1) is 0 Å².